The number of carbonyl (C=O) groups is 1. The van der Waals surface area contributed by atoms with Crippen molar-refractivity contribution in [1.82, 2.24) is 5.32 Å². The van der Waals surface area contributed by atoms with Crippen LogP contribution in [0.4, 0.5) is 5.69 Å². The summed E-state index contributed by atoms with van der Waals surface area (Å²) in [7, 11) is -3.96. The van der Waals surface area contributed by atoms with Crippen LogP contribution in [0.1, 0.15) is 22.3 Å². The Kier molecular flexibility index (Phi) is 7.03. The quantitative estimate of drug-likeness (QED) is 0.556. The minimum absolute atomic E-state index is 0.124. The highest BCUT2D eigenvalue weighted by Gasteiger charge is 2.28. The number of nitrogens with one attached hydrogen (secondary N) is 1. The number of hydrogen-bond acceptors (Lipinski definition) is 3. The van der Waals surface area contributed by atoms with Gasteiger partial charge in [0, 0.05) is 11.6 Å². The van der Waals surface area contributed by atoms with Gasteiger partial charge in [-0.15, -0.1) is 0 Å². The fraction of sp³-hybridized carbons (Fsp3) is 0.208. The first-order chi connectivity index (χ1) is 14.7. The van der Waals surface area contributed by atoms with Gasteiger partial charge >= 0.3 is 0 Å². The summed E-state index contributed by atoms with van der Waals surface area (Å²) in [5, 5.41) is 3.31. The van der Waals surface area contributed by atoms with E-state index in [2.05, 4.69) is 5.32 Å². The second-order valence-electron chi connectivity index (χ2n) is 7.52. The predicted molar refractivity (Wildman–Crippen MR) is 125 cm³/mol. The third kappa shape index (κ3) is 5.66. The first kappa shape index (κ1) is 22.8. The molecule has 3 aromatic rings. The Morgan fingerprint density at radius 2 is 1.48 bits per heavy atom. The number of benzene rings is 3. The van der Waals surface area contributed by atoms with Crippen molar-refractivity contribution in [1.29, 1.82) is 0 Å². The van der Waals surface area contributed by atoms with Crippen molar-refractivity contribution in [2.24, 2.45) is 0 Å². The van der Waals surface area contributed by atoms with E-state index in [0.717, 1.165) is 21.0 Å². The molecule has 3 rings (SSSR count). The van der Waals surface area contributed by atoms with Gasteiger partial charge in [0.2, 0.25) is 5.91 Å². The molecule has 0 bridgehead atoms. The Labute approximate surface area is 188 Å². The number of aryl methyl sites for hydroxylation is 3. The van der Waals surface area contributed by atoms with Crippen LogP contribution in [0, 0.1) is 20.8 Å². The molecule has 0 fully saturated rings. The zero-order chi connectivity index (χ0) is 22.6. The molecule has 3 aromatic carbocycles. The Morgan fingerprint density at radius 3 is 2.06 bits per heavy atom. The second kappa shape index (κ2) is 9.54. The Balaban J connectivity index is 1.89. The number of halogens is 1. The van der Waals surface area contributed by atoms with Crippen LogP contribution in [0.2, 0.25) is 5.02 Å². The molecular formula is C24H25ClN2O3S. The largest absolute Gasteiger partial charge is 0.350 e. The standard InChI is InChI=1S/C24H25ClN2O3S/c1-17-4-8-20(9-5-17)15-26-24(28)16-27(23-13-10-21(25)14-19(23)3)31(29,30)22-11-6-18(2)7-12-22/h4-14H,15-16H2,1-3H3,(H,26,28). The normalized spacial score (nSPS) is 11.2. The summed E-state index contributed by atoms with van der Waals surface area (Å²) < 4.78 is 28.0. The van der Waals surface area contributed by atoms with E-state index in [1.54, 1.807) is 49.4 Å². The van der Waals surface area contributed by atoms with E-state index in [9.17, 15) is 13.2 Å². The molecule has 1 amide bonds. The van der Waals surface area contributed by atoms with Gasteiger partial charge in [-0.1, -0.05) is 59.1 Å². The number of sulfonamides is 1. The summed E-state index contributed by atoms with van der Waals surface area (Å²) in [5.74, 6) is -0.398. The molecule has 0 saturated heterocycles. The lowest BCUT2D eigenvalue weighted by atomic mass is 10.1. The number of hydrogen-bond donors (Lipinski definition) is 1. The van der Waals surface area contributed by atoms with Crippen molar-refractivity contribution in [3.05, 3.63) is 94.0 Å². The average molecular weight is 457 g/mol. The minimum atomic E-state index is -3.96. The van der Waals surface area contributed by atoms with Gasteiger partial charge in [-0.25, -0.2) is 8.42 Å². The molecule has 0 aliphatic carbocycles. The molecule has 0 aromatic heterocycles. The maximum Gasteiger partial charge on any atom is 0.264 e. The molecule has 162 valence electrons. The van der Waals surface area contributed by atoms with Gasteiger partial charge < -0.3 is 5.32 Å². The topological polar surface area (TPSA) is 66.5 Å². The van der Waals surface area contributed by atoms with Gasteiger partial charge in [-0.2, -0.15) is 0 Å². The van der Waals surface area contributed by atoms with Crippen molar-refractivity contribution >= 4 is 33.2 Å². The number of rotatable bonds is 7. The highest BCUT2D eigenvalue weighted by molar-refractivity contribution is 7.92. The van der Waals surface area contributed by atoms with Crippen molar-refractivity contribution in [2.75, 3.05) is 10.8 Å². The summed E-state index contributed by atoms with van der Waals surface area (Å²) in [6.45, 7) is 5.62. The summed E-state index contributed by atoms with van der Waals surface area (Å²) in [4.78, 5) is 12.9. The first-order valence-corrected chi connectivity index (χ1v) is 11.7. The molecule has 0 atom stereocenters. The monoisotopic (exact) mass is 456 g/mol. The first-order valence-electron chi connectivity index (χ1n) is 9.84. The van der Waals surface area contributed by atoms with Gasteiger partial charge in [-0.05, 0) is 62.2 Å². The maximum atomic E-state index is 13.4. The second-order valence-corrected chi connectivity index (χ2v) is 9.82. The lowest BCUT2D eigenvalue weighted by molar-refractivity contribution is -0.119. The number of amides is 1. The smallest absolute Gasteiger partial charge is 0.264 e. The van der Waals surface area contributed by atoms with Crippen LogP contribution < -0.4 is 9.62 Å². The van der Waals surface area contributed by atoms with E-state index >= 15 is 0 Å². The molecule has 0 spiro atoms. The van der Waals surface area contributed by atoms with Gasteiger partial charge in [-0.3, -0.25) is 9.10 Å². The van der Waals surface area contributed by atoms with Crippen LogP contribution in [0.15, 0.2) is 71.6 Å². The molecule has 5 nitrogen and oxygen atoms in total. The zero-order valence-corrected chi connectivity index (χ0v) is 19.3. The summed E-state index contributed by atoms with van der Waals surface area (Å²) >= 11 is 6.06. The molecular weight excluding hydrogens is 432 g/mol. The van der Waals surface area contributed by atoms with Gasteiger partial charge in [0.25, 0.3) is 10.0 Å². The average Bonchev–Trinajstić information content (AvgIpc) is 2.72. The molecule has 0 aliphatic rings. The molecule has 0 aliphatic heterocycles. The van der Waals surface area contributed by atoms with E-state index in [-0.39, 0.29) is 11.4 Å². The van der Waals surface area contributed by atoms with E-state index in [4.69, 9.17) is 11.6 Å². The van der Waals surface area contributed by atoms with Gasteiger partial charge in [0.15, 0.2) is 0 Å². The Hall–Kier alpha value is -2.83. The Bertz CT molecular complexity index is 1170. The van der Waals surface area contributed by atoms with E-state index in [0.29, 0.717) is 22.8 Å². The maximum absolute atomic E-state index is 13.4. The fourth-order valence-corrected chi connectivity index (χ4v) is 4.84. The number of carbonyl (C=O) groups excluding carboxylic acids is 1. The van der Waals surface area contributed by atoms with E-state index < -0.39 is 15.9 Å². The highest BCUT2D eigenvalue weighted by atomic mass is 35.5. The summed E-state index contributed by atoms with van der Waals surface area (Å²) in [5.41, 5.74) is 4.09. The van der Waals surface area contributed by atoms with Crippen LogP contribution in [0.5, 0.6) is 0 Å². The van der Waals surface area contributed by atoms with E-state index in [1.165, 1.54) is 0 Å². The lowest BCUT2D eigenvalue weighted by Crippen LogP contribution is -2.41. The fourth-order valence-electron chi connectivity index (χ4n) is 3.13. The summed E-state index contributed by atoms with van der Waals surface area (Å²) in [6.07, 6.45) is 0. The van der Waals surface area contributed by atoms with Crippen LogP contribution in [-0.2, 0) is 21.4 Å². The molecule has 0 radical (unpaired) electrons. The highest BCUT2D eigenvalue weighted by Crippen LogP contribution is 2.29. The molecule has 0 unspecified atom stereocenters. The Morgan fingerprint density at radius 1 is 0.903 bits per heavy atom. The zero-order valence-electron chi connectivity index (χ0n) is 17.7. The van der Waals surface area contributed by atoms with E-state index in [1.807, 2.05) is 38.1 Å². The molecule has 31 heavy (non-hydrogen) atoms. The van der Waals surface area contributed by atoms with Crippen molar-refractivity contribution < 1.29 is 13.2 Å². The minimum Gasteiger partial charge on any atom is -0.350 e. The number of nitrogens with zero attached hydrogens (tertiary/aromatic N) is 1. The SMILES string of the molecule is Cc1ccc(CNC(=O)CN(c2ccc(Cl)cc2C)S(=O)(=O)c2ccc(C)cc2)cc1. The summed E-state index contributed by atoms with van der Waals surface area (Å²) in [6, 6.07) is 19.3. The predicted octanol–water partition coefficient (Wildman–Crippen LogP) is 4.78. The van der Waals surface area contributed by atoms with Crippen LogP contribution in [0.25, 0.3) is 0 Å². The number of anilines is 1. The van der Waals surface area contributed by atoms with Crippen molar-refractivity contribution in [3.8, 4) is 0 Å². The van der Waals surface area contributed by atoms with Crippen LogP contribution >= 0.6 is 11.6 Å². The molecule has 0 saturated carbocycles. The lowest BCUT2D eigenvalue weighted by Gasteiger charge is -2.26. The van der Waals surface area contributed by atoms with Gasteiger partial charge in [0.1, 0.15) is 6.54 Å². The molecule has 1 N–H and O–H groups in total. The van der Waals surface area contributed by atoms with Crippen LogP contribution in [0.3, 0.4) is 0 Å². The van der Waals surface area contributed by atoms with Crippen molar-refractivity contribution in [2.45, 2.75) is 32.2 Å². The molecule has 0 heterocycles. The van der Waals surface area contributed by atoms with Crippen molar-refractivity contribution in [3.63, 3.8) is 0 Å². The molecule has 7 heteroatoms. The third-order valence-electron chi connectivity index (χ3n) is 4.93. The van der Waals surface area contributed by atoms with Crippen LogP contribution in [-0.4, -0.2) is 20.9 Å². The third-order valence-corrected chi connectivity index (χ3v) is 6.94. The van der Waals surface area contributed by atoms with Gasteiger partial charge in [0.05, 0.1) is 10.6 Å².